The molecular formula is C14H18ClN3O. The lowest BCUT2D eigenvalue weighted by atomic mass is 10.2. The van der Waals surface area contributed by atoms with E-state index < -0.39 is 6.10 Å². The zero-order chi connectivity index (χ0) is 13.7. The first-order valence-electron chi connectivity index (χ1n) is 6.35. The minimum Gasteiger partial charge on any atom is -0.390 e. The summed E-state index contributed by atoms with van der Waals surface area (Å²) in [5, 5.41) is 12.7. The van der Waals surface area contributed by atoms with E-state index in [2.05, 4.69) is 21.8 Å². The van der Waals surface area contributed by atoms with E-state index in [9.17, 15) is 5.11 Å². The summed E-state index contributed by atoms with van der Waals surface area (Å²) < 4.78 is 2.05. The normalized spacial score (nSPS) is 12.4. The second kappa shape index (κ2) is 6.59. The maximum atomic E-state index is 9.53. The van der Waals surface area contributed by atoms with Crippen LogP contribution in [0.25, 0.3) is 5.69 Å². The number of rotatable bonds is 6. The predicted octanol–water partition coefficient (Wildman–Crippen LogP) is 2.45. The average Bonchev–Trinajstić information content (AvgIpc) is 2.93. The van der Waals surface area contributed by atoms with E-state index in [0.29, 0.717) is 6.54 Å². The number of nitrogens with zero attached hydrogens (tertiary/aromatic N) is 2. The zero-order valence-electron chi connectivity index (χ0n) is 10.9. The van der Waals surface area contributed by atoms with E-state index >= 15 is 0 Å². The summed E-state index contributed by atoms with van der Waals surface area (Å²) in [4.78, 5) is 4.33. The number of hydrogen-bond donors (Lipinski definition) is 2. The minimum absolute atomic E-state index is 0.223. The zero-order valence-corrected chi connectivity index (χ0v) is 11.6. The molecule has 5 heteroatoms. The van der Waals surface area contributed by atoms with Gasteiger partial charge in [-0.15, -0.1) is 11.6 Å². The van der Waals surface area contributed by atoms with Gasteiger partial charge < -0.3 is 15.0 Å². The summed E-state index contributed by atoms with van der Waals surface area (Å²) in [6.45, 7) is 2.50. The predicted molar refractivity (Wildman–Crippen MR) is 78.2 cm³/mol. The number of aryl methyl sites for hydroxylation is 1. The molecule has 1 unspecified atom stereocenters. The Balaban J connectivity index is 2.26. The van der Waals surface area contributed by atoms with Gasteiger partial charge in [0.25, 0.3) is 0 Å². The Morgan fingerprint density at radius 2 is 2.21 bits per heavy atom. The molecule has 19 heavy (non-hydrogen) atoms. The number of imidazole rings is 1. The topological polar surface area (TPSA) is 50.1 Å². The van der Waals surface area contributed by atoms with Crippen LogP contribution >= 0.6 is 11.6 Å². The molecule has 0 saturated carbocycles. The first-order valence-corrected chi connectivity index (χ1v) is 6.89. The van der Waals surface area contributed by atoms with Gasteiger partial charge in [0, 0.05) is 25.4 Å². The Bertz CT molecular complexity index is 527. The van der Waals surface area contributed by atoms with Gasteiger partial charge in [0.2, 0.25) is 0 Å². The van der Waals surface area contributed by atoms with Crippen LogP contribution in [0.2, 0.25) is 0 Å². The molecule has 0 radical (unpaired) electrons. The van der Waals surface area contributed by atoms with Crippen molar-refractivity contribution < 1.29 is 5.11 Å². The number of aliphatic hydroxyl groups excluding tert-OH is 1. The number of halogens is 1. The largest absolute Gasteiger partial charge is 0.390 e. The molecular weight excluding hydrogens is 262 g/mol. The Kier molecular flexibility index (Phi) is 4.82. The molecule has 0 fully saturated rings. The van der Waals surface area contributed by atoms with Crippen LogP contribution in [0.1, 0.15) is 12.7 Å². The van der Waals surface area contributed by atoms with Gasteiger partial charge in [0.15, 0.2) is 0 Å². The van der Waals surface area contributed by atoms with E-state index in [-0.39, 0.29) is 5.88 Å². The van der Waals surface area contributed by atoms with Crippen molar-refractivity contribution in [3.8, 4) is 5.69 Å². The van der Waals surface area contributed by atoms with Crippen LogP contribution in [0.5, 0.6) is 0 Å². The second-order valence-corrected chi connectivity index (χ2v) is 4.58. The molecule has 0 saturated heterocycles. The van der Waals surface area contributed by atoms with Crippen LogP contribution in [-0.4, -0.2) is 33.2 Å². The van der Waals surface area contributed by atoms with Crippen LogP contribution < -0.4 is 5.32 Å². The van der Waals surface area contributed by atoms with Crippen molar-refractivity contribution in [1.82, 2.24) is 9.55 Å². The molecule has 102 valence electrons. The van der Waals surface area contributed by atoms with Gasteiger partial charge in [-0.05, 0) is 12.1 Å². The van der Waals surface area contributed by atoms with Crippen molar-refractivity contribution in [1.29, 1.82) is 0 Å². The standard InChI is InChI=1S/C14H18ClN3O/c1-2-14-16-7-8-18(14)13-6-4-3-5-12(13)17-10-11(19)9-15/h3-8,11,17,19H,2,9-10H2,1H3. The monoisotopic (exact) mass is 279 g/mol. The molecule has 0 aliphatic carbocycles. The molecule has 1 heterocycles. The van der Waals surface area contributed by atoms with Gasteiger partial charge in [0.1, 0.15) is 5.82 Å². The van der Waals surface area contributed by atoms with Gasteiger partial charge >= 0.3 is 0 Å². The summed E-state index contributed by atoms with van der Waals surface area (Å²) in [6, 6.07) is 7.95. The van der Waals surface area contributed by atoms with E-state index in [1.807, 2.05) is 30.5 Å². The minimum atomic E-state index is -0.553. The summed E-state index contributed by atoms with van der Waals surface area (Å²) >= 11 is 5.60. The highest BCUT2D eigenvalue weighted by atomic mass is 35.5. The van der Waals surface area contributed by atoms with Crippen molar-refractivity contribution in [3.05, 3.63) is 42.5 Å². The molecule has 0 aliphatic heterocycles. The molecule has 0 bridgehead atoms. The van der Waals surface area contributed by atoms with E-state index in [4.69, 9.17) is 11.6 Å². The Morgan fingerprint density at radius 3 is 2.95 bits per heavy atom. The maximum Gasteiger partial charge on any atom is 0.112 e. The summed E-state index contributed by atoms with van der Waals surface area (Å²) in [5.41, 5.74) is 1.98. The number of aromatic nitrogens is 2. The number of aliphatic hydroxyl groups is 1. The van der Waals surface area contributed by atoms with Gasteiger partial charge in [-0.2, -0.15) is 0 Å². The van der Waals surface area contributed by atoms with Crippen molar-refractivity contribution in [3.63, 3.8) is 0 Å². The van der Waals surface area contributed by atoms with Gasteiger partial charge in [-0.1, -0.05) is 19.1 Å². The first-order chi connectivity index (χ1) is 9.26. The third kappa shape index (κ3) is 3.28. The lowest BCUT2D eigenvalue weighted by Gasteiger charge is -2.15. The Labute approximate surface area is 118 Å². The Morgan fingerprint density at radius 1 is 1.42 bits per heavy atom. The second-order valence-electron chi connectivity index (χ2n) is 4.27. The lowest BCUT2D eigenvalue weighted by molar-refractivity contribution is 0.211. The summed E-state index contributed by atoms with van der Waals surface area (Å²) in [7, 11) is 0. The fourth-order valence-corrected chi connectivity index (χ4v) is 2.04. The number of para-hydroxylation sites is 2. The van der Waals surface area contributed by atoms with Gasteiger partial charge in [0.05, 0.1) is 23.4 Å². The van der Waals surface area contributed by atoms with Crippen LogP contribution in [0.3, 0.4) is 0 Å². The summed E-state index contributed by atoms with van der Waals surface area (Å²) in [5.74, 6) is 1.23. The van der Waals surface area contributed by atoms with Crippen LogP contribution in [0.4, 0.5) is 5.69 Å². The Hall–Kier alpha value is -1.52. The first kappa shape index (κ1) is 13.9. The molecule has 2 N–H and O–H groups in total. The van der Waals surface area contributed by atoms with E-state index in [0.717, 1.165) is 23.6 Å². The van der Waals surface area contributed by atoms with E-state index in [1.165, 1.54) is 0 Å². The molecule has 1 aromatic carbocycles. The van der Waals surface area contributed by atoms with E-state index in [1.54, 1.807) is 6.20 Å². The van der Waals surface area contributed by atoms with Crippen LogP contribution in [0.15, 0.2) is 36.7 Å². The molecule has 1 aromatic heterocycles. The van der Waals surface area contributed by atoms with Crippen molar-refractivity contribution >= 4 is 17.3 Å². The lowest BCUT2D eigenvalue weighted by Crippen LogP contribution is -2.21. The number of benzene rings is 1. The quantitative estimate of drug-likeness (QED) is 0.799. The highest BCUT2D eigenvalue weighted by Gasteiger charge is 2.09. The maximum absolute atomic E-state index is 9.53. The van der Waals surface area contributed by atoms with Gasteiger partial charge in [-0.25, -0.2) is 4.98 Å². The molecule has 1 atom stereocenters. The fraction of sp³-hybridized carbons (Fsp3) is 0.357. The number of hydrogen-bond acceptors (Lipinski definition) is 3. The van der Waals surface area contributed by atoms with Crippen molar-refractivity contribution in [2.45, 2.75) is 19.4 Å². The van der Waals surface area contributed by atoms with Gasteiger partial charge in [-0.3, -0.25) is 0 Å². The molecule has 2 rings (SSSR count). The number of anilines is 1. The smallest absolute Gasteiger partial charge is 0.112 e. The fourth-order valence-electron chi connectivity index (χ4n) is 1.93. The molecule has 4 nitrogen and oxygen atoms in total. The van der Waals surface area contributed by atoms with Crippen LogP contribution in [0, 0.1) is 0 Å². The molecule has 0 amide bonds. The number of nitrogens with one attached hydrogen (secondary N) is 1. The third-order valence-corrected chi connectivity index (χ3v) is 3.26. The highest BCUT2D eigenvalue weighted by molar-refractivity contribution is 6.18. The number of alkyl halides is 1. The van der Waals surface area contributed by atoms with Crippen molar-refractivity contribution in [2.75, 3.05) is 17.7 Å². The van der Waals surface area contributed by atoms with Crippen LogP contribution in [-0.2, 0) is 6.42 Å². The highest BCUT2D eigenvalue weighted by Crippen LogP contribution is 2.21. The molecule has 0 aliphatic rings. The molecule has 2 aromatic rings. The summed E-state index contributed by atoms with van der Waals surface area (Å²) in [6.07, 6.45) is 4.05. The SMILES string of the molecule is CCc1nccn1-c1ccccc1NCC(O)CCl. The third-order valence-electron chi connectivity index (χ3n) is 2.90. The van der Waals surface area contributed by atoms with Crippen molar-refractivity contribution in [2.24, 2.45) is 0 Å². The average molecular weight is 280 g/mol. The molecule has 0 spiro atoms.